The van der Waals surface area contributed by atoms with Gasteiger partial charge in [0, 0.05) is 23.9 Å². The number of aromatic nitrogens is 4. The van der Waals surface area contributed by atoms with Crippen LogP contribution < -0.4 is 5.56 Å². The zero-order valence-corrected chi connectivity index (χ0v) is 20.7. The number of benzene rings is 2. The Morgan fingerprint density at radius 2 is 1.94 bits per heavy atom. The van der Waals surface area contributed by atoms with E-state index in [2.05, 4.69) is 11.5 Å². The van der Waals surface area contributed by atoms with E-state index in [1.165, 1.54) is 7.11 Å². The van der Waals surface area contributed by atoms with Crippen molar-refractivity contribution in [2.75, 3.05) is 13.7 Å². The number of aryl methyl sites for hydroxylation is 1. The SMILES string of the molecule is CCCCCn1c(=O)c2ccccc2c2nc3n(CC4CCCO4)c4ccc(C(=O)OC)cc4n3c21. The van der Waals surface area contributed by atoms with E-state index in [1.54, 1.807) is 6.07 Å². The second-order valence-electron chi connectivity index (χ2n) is 9.57. The minimum Gasteiger partial charge on any atom is -0.465 e. The molecule has 6 rings (SSSR count). The molecular formula is C28H30N4O4. The molecule has 0 spiro atoms. The standard InChI is InChI=1S/C28H30N4O4/c1-3-4-7-14-30-25-24(20-10-5-6-11-21(20)26(30)33)29-28-31(17-19-9-8-15-36-19)22-13-12-18(27(34)35-2)16-23(22)32(25)28/h5-6,10-13,16,19H,3-4,7-9,14-15,17H2,1-2H3. The molecular weight excluding hydrogens is 456 g/mol. The van der Waals surface area contributed by atoms with Gasteiger partial charge in [0.1, 0.15) is 11.2 Å². The number of nitrogens with zero attached hydrogens (tertiary/aromatic N) is 4. The number of imidazole rings is 2. The first-order valence-corrected chi connectivity index (χ1v) is 12.8. The fourth-order valence-electron chi connectivity index (χ4n) is 5.53. The quantitative estimate of drug-likeness (QED) is 0.241. The molecule has 8 heteroatoms. The van der Waals surface area contributed by atoms with Gasteiger partial charge in [0.25, 0.3) is 5.56 Å². The van der Waals surface area contributed by atoms with Crippen molar-refractivity contribution in [1.29, 1.82) is 0 Å². The average molecular weight is 487 g/mol. The summed E-state index contributed by atoms with van der Waals surface area (Å²) >= 11 is 0. The molecule has 5 aromatic rings. The van der Waals surface area contributed by atoms with Crippen LogP contribution in [0.1, 0.15) is 49.4 Å². The number of rotatable bonds is 7. The number of hydrogen-bond acceptors (Lipinski definition) is 5. The van der Waals surface area contributed by atoms with Crippen molar-refractivity contribution in [2.24, 2.45) is 0 Å². The first-order chi connectivity index (χ1) is 17.6. The molecule has 0 bridgehead atoms. The third-order valence-corrected chi connectivity index (χ3v) is 7.31. The summed E-state index contributed by atoms with van der Waals surface area (Å²) < 4.78 is 17.1. The molecule has 36 heavy (non-hydrogen) atoms. The summed E-state index contributed by atoms with van der Waals surface area (Å²) in [6, 6.07) is 13.3. The van der Waals surface area contributed by atoms with E-state index >= 15 is 0 Å². The molecule has 186 valence electrons. The second-order valence-corrected chi connectivity index (χ2v) is 9.57. The van der Waals surface area contributed by atoms with E-state index in [9.17, 15) is 9.59 Å². The highest BCUT2D eigenvalue weighted by Gasteiger charge is 2.25. The lowest BCUT2D eigenvalue weighted by molar-refractivity contribution is 0.0601. The third kappa shape index (κ3) is 3.51. The van der Waals surface area contributed by atoms with Gasteiger partial charge in [-0.1, -0.05) is 38.0 Å². The normalized spacial score (nSPS) is 16.1. The van der Waals surface area contributed by atoms with Crippen molar-refractivity contribution in [3.8, 4) is 0 Å². The van der Waals surface area contributed by atoms with E-state index in [4.69, 9.17) is 14.5 Å². The van der Waals surface area contributed by atoms with Gasteiger partial charge < -0.3 is 14.0 Å². The highest BCUT2D eigenvalue weighted by Crippen LogP contribution is 2.31. The highest BCUT2D eigenvalue weighted by atomic mass is 16.5. The maximum Gasteiger partial charge on any atom is 0.337 e. The van der Waals surface area contributed by atoms with Crippen LogP contribution in [0.25, 0.3) is 38.7 Å². The second kappa shape index (κ2) is 9.09. The largest absolute Gasteiger partial charge is 0.465 e. The number of pyridine rings is 1. The number of carbonyl (C=O) groups is 1. The molecule has 1 fully saturated rings. The van der Waals surface area contributed by atoms with Gasteiger partial charge >= 0.3 is 5.97 Å². The molecule has 0 saturated carbocycles. The molecule has 1 atom stereocenters. The lowest BCUT2D eigenvalue weighted by atomic mass is 10.1. The van der Waals surface area contributed by atoms with Gasteiger partial charge in [-0.15, -0.1) is 0 Å². The van der Waals surface area contributed by atoms with Crippen LogP contribution in [-0.4, -0.2) is 44.3 Å². The maximum absolute atomic E-state index is 13.7. The summed E-state index contributed by atoms with van der Waals surface area (Å²) in [6.07, 6.45) is 5.15. The fraction of sp³-hybridized carbons (Fsp3) is 0.393. The van der Waals surface area contributed by atoms with Gasteiger partial charge in [-0.2, -0.15) is 0 Å². The summed E-state index contributed by atoms with van der Waals surface area (Å²) in [6.45, 7) is 4.19. The van der Waals surface area contributed by atoms with Crippen molar-refractivity contribution in [3.05, 3.63) is 58.4 Å². The molecule has 2 aromatic carbocycles. The predicted molar refractivity (Wildman–Crippen MR) is 140 cm³/mol. The fourth-order valence-corrected chi connectivity index (χ4v) is 5.53. The van der Waals surface area contributed by atoms with Gasteiger partial charge in [-0.3, -0.25) is 13.8 Å². The maximum atomic E-state index is 13.7. The monoisotopic (exact) mass is 486 g/mol. The van der Waals surface area contributed by atoms with Crippen LogP contribution in [0.3, 0.4) is 0 Å². The summed E-state index contributed by atoms with van der Waals surface area (Å²) in [7, 11) is 1.38. The number of fused-ring (bicyclic) bond motifs is 7. The minimum absolute atomic E-state index is 0.0137. The molecule has 0 radical (unpaired) electrons. The molecule has 0 N–H and O–H groups in total. The number of carbonyl (C=O) groups excluding carboxylic acids is 1. The molecule has 8 nitrogen and oxygen atoms in total. The molecule has 0 aliphatic carbocycles. The molecule has 1 unspecified atom stereocenters. The van der Waals surface area contributed by atoms with Crippen LogP contribution in [0, 0.1) is 0 Å². The van der Waals surface area contributed by atoms with Crippen molar-refractivity contribution >= 4 is 44.7 Å². The number of esters is 1. The lowest BCUT2D eigenvalue weighted by Gasteiger charge is -2.12. The molecule has 1 aliphatic rings. The average Bonchev–Trinajstić information content (AvgIpc) is 3.62. The predicted octanol–water partition coefficient (Wildman–Crippen LogP) is 4.91. The highest BCUT2D eigenvalue weighted by molar-refractivity contribution is 6.05. The van der Waals surface area contributed by atoms with Crippen LogP contribution in [0.5, 0.6) is 0 Å². The van der Waals surface area contributed by atoms with E-state index in [0.717, 1.165) is 72.1 Å². The number of unbranched alkanes of at least 4 members (excludes halogenated alkanes) is 2. The smallest absolute Gasteiger partial charge is 0.337 e. The van der Waals surface area contributed by atoms with Crippen LogP contribution in [0.4, 0.5) is 0 Å². The summed E-state index contributed by atoms with van der Waals surface area (Å²) in [4.78, 5) is 31.3. The Labute approximate surface area is 208 Å². The van der Waals surface area contributed by atoms with Gasteiger partial charge in [-0.25, -0.2) is 9.78 Å². The topological polar surface area (TPSA) is 79.8 Å². The third-order valence-electron chi connectivity index (χ3n) is 7.31. The van der Waals surface area contributed by atoms with Gasteiger partial charge in [0.15, 0.2) is 0 Å². The Hall–Kier alpha value is -3.65. The Morgan fingerprint density at radius 1 is 1.11 bits per heavy atom. The Morgan fingerprint density at radius 3 is 2.69 bits per heavy atom. The molecule has 4 heterocycles. The van der Waals surface area contributed by atoms with Crippen LogP contribution in [0.15, 0.2) is 47.3 Å². The van der Waals surface area contributed by atoms with Crippen molar-refractivity contribution in [2.45, 2.75) is 58.2 Å². The van der Waals surface area contributed by atoms with E-state index in [1.807, 2.05) is 45.4 Å². The van der Waals surface area contributed by atoms with E-state index in [0.29, 0.717) is 24.0 Å². The molecule has 3 aromatic heterocycles. The van der Waals surface area contributed by atoms with Gasteiger partial charge in [0.05, 0.1) is 36.4 Å². The van der Waals surface area contributed by atoms with Crippen LogP contribution >= 0.6 is 0 Å². The lowest BCUT2D eigenvalue weighted by Crippen LogP contribution is -2.22. The molecule has 1 saturated heterocycles. The summed E-state index contributed by atoms with van der Waals surface area (Å²) in [5, 5.41) is 1.52. The molecule has 1 aliphatic heterocycles. The Kier molecular flexibility index (Phi) is 5.76. The van der Waals surface area contributed by atoms with Crippen LogP contribution in [-0.2, 0) is 22.6 Å². The molecule has 0 amide bonds. The van der Waals surface area contributed by atoms with E-state index < -0.39 is 5.97 Å². The Balaban J connectivity index is 1.73. The van der Waals surface area contributed by atoms with Crippen molar-refractivity contribution in [1.82, 2.24) is 18.5 Å². The Bertz CT molecular complexity index is 1670. The zero-order chi connectivity index (χ0) is 24.8. The summed E-state index contributed by atoms with van der Waals surface area (Å²) in [5.74, 6) is 0.352. The van der Waals surface area contributed by atoms with Crippen molar-refractivity contribution in [3.63, 3.8) is 0 Å². The first-order valence-electron chi connectivity index (χ1n) is 12.8. The number of ether oxygens (including phenoxy) is 2. The van der Waals surface area contributed by atoms with Gasteiger partial charge in [0.2, 0.25) is 5.78 Å². The first kappa shape index (κ1) is 22.8. The summed E-state index contributed by atoms with van der Waals surface area (Å²) in [5.41, 5.74) is 3.78. The number of methoxy groups -OCH3 is 1. The van der Waals surface area contributed by atoms with E-state index in [-0.39, 0.29) is 11.7 Å². The van der Waals surface area contributed by atoms with Crippen LogP contribution in [0.2, 0.25) is 0 Å². The minimum atomic E-state index is -0.396. The van der Waals surface area contributed by atoms with Gasteiger partial charge in [-0.05, 0) is 43.5 Å². The zero-order valence-electron chi connectivity index (χ0n) is 20.7. The number of hydrogen-bond donors (Lipinski definition) is 0. The van der Waals surface area contributed by atoms with Crippen molar-refractivity contribution < 1.29 is 14.3 Å².